The number of ketones is 1. The van der Waals surface area contributed by atoms with E-state index in [1.165, 1.54) is 0 Å². The van der Waals surface area contributed by atoms with Crippen molar-refractivity contribution in [3.8, 4) is 5.75 Å². The fraction of sp³-hybridized carbons (Fsp3) is 0.0870. The van der Waals surface area contributed by atoms with Gasteiger partial charge in [-0.15, -0.1) is 0 Å². The molecule has 1 heterocycles. The van der Waals surface area contributed by atoms with E-state index in [1.54, 1.807) is 0 Å². The van der Waals surface area contributed by atoms with Crippen molar-refractivity contribution in [2.24, 2.45) is 0 Å². The maximum Gasteiger partial charge on any atom is 0.196 e. The summed E-state index contributed by atoms with van der Waals surface area (Å²) in [4.78, 5) is 13.3. The lowest BCUT2D eigenvalue weighted by atomic mass is 9.89. The maximum atomic E-state index is 13.3. The van der Waals surface area contributed by atoms with Crippen LogP contribution in [0.2, 0.25) is 5.02 Å². The molecule has 0 saturated carbocycles. The van der Waals surface area contributed by atoms with Crippen LogP contribution in [-0.2, 0) is 0 Å². The van der Waals surface area contributed by atoms with E-state index < -0.39 is 6.10 Å². The summed E-state index contributed by atoms with van der Waals surface area (Å²) < 4.78 is 7.27. The Kier molecular flexibility index (Phi) is 4.90. The second kappa shape index (κ2) is 7.34. The molecule has 0 aliphatic carbocycles. The number of hydrogen-bond acceptors (Lipinski definition) is 2. The number of carbonyl (C=O) groups is 1. The molecule has 4 heteroatoms. The van der Waals surface area contributed by atoms with Crippen molar-refractivity contribution >= 4 is 39.4 Å². The van der Waals surface area contributed by atoms with E-state index in [0.29, 0.717) is 21.9 Å². The summed E-state index contributed by atoms with van der Waals surface area (Å²) in [5.74, 6) is 0.604. The van der Waals surface area contributed by atoms with Crippen LogP contribution in [0.3, 0.4) is 0 Å². The van der Waals surface area contributed by atoms with Crippen LogP contribution >= 0.6 is 27.5 Å². The van der Waals surface area contributed by atoms with E-state index in [1.807, 2.05) is 79.7 Å². The van der Waals surface area contributed by atoms with Crippen LogP contribution in [-0.4, -0.2) is 5.78 Å². The van der Waals surface area contributed by atoms with Crippen molar-refractivity contribution in [2.45, 2.75) is 13.0 Å². The SMILES string of the molecule is Cc1ccc2c(c1)OC(c1ccc(Cl)cc1)/C(=C\c1ccc(Br)cc1)C2=O. The predicted octanol–water partition coefficient (Wildman–Crippen LogP) is 6.81. The van der Waals surface area contributed by atoms with E-state index in [2.05, 4.69) is 15.9 Å². The minimum absolute atomic E-state index is 0.0147. The molecule has 27 heavy (non-hydrogen) atoms. The highest BCUT2D eigenvalue weighted by Gasteiger charge is 2.33. The van der Waals surface area contributed by atoms with Crippen molar-refractivity contribution < 1.29 is 9.53 Å². The van der Waals surface area contributed by atoms with Gasteiger partial charge in [-0.05, 0) is 66.1 Å². The molecule has 1 aliphatic rings. The molecular formula is C23H16BrClO2. The zero-order valence-corrected chi connectivity index (χ0v) is 16.9. The van der Waals surface area contributed by atoms with Crippen LogP contribution in [0.25, 0.3) is 6.08 Å². The van der Waals surface area contributed by atoms with Crippen molar-refractivity contribution in [1.82, 2.24) is 0 Å². The third-order valence-electron chi connectivity index (χ3n) is 4.54. The third kappa shape index (κ3) is 3.71. The number of halogens is 2. The number of fused-ring (bicyclic) bond motifs is 1. The van der Waals surface area contributed by atoms with Gasteiger partial charge >= 0.3 is 0 Å². The Bertz CT molecular complexity index is 1040. The van der Waals surface area contributed by atoms with E-state index >= 15 is 0 Å². The molecule has 1 unspecified atom stereocenters. The quantitative estimate of drug-likeness (QED) is 0.410. The Morgan fingerprint density at radius 3 is 2.41 bits per heavy atom. The highest BCUT2D eigenvalue weighted by Crippen LogP contribution is 2.40. The Balaban J connectivity index is 1.85. The Morgan fingerprint density at radius 2 is 1.70 bits per heavy atom. The fourth-order valence-corrected chi connectivity index (χ4v) is 3.53. The fourth-order valence-electron chi connectivity index (χ4n) is 3.14. The summed E-state index contributed by atoms with van der Waals surface area (Å²) >= 11 is 9.48. The topological polar surface area (TPSA) is 26.3 Å². The number of benzene rings is 3. The van der Waals surface area contributed by atoms with Crippen molar-refractivity contribution in [3.63, 3.8) is 0 Å². The van der Waals surface area contributed by atoms with Gasteiger partial charge in [-0.2, -0.15) is 0 Å². The van der Waals surface area contributed by atoms with Gasteiger partial charge in [0.2, 0.25) is 0 Å². The summed E-state index contributed by atoms with van der Waals surface area (Å²) in [6, 6.07) is 20.9. The van der Waals surface area contributed by atoms with Gasteiger partial charge in [-0.3, -0.25) is 4.79 Å². The standard InChI is InChI=1S/C23H16BrClO2/c1-14-2-11-19-21(12-14)27-23(16-5-9-18(25)10-6-16)20(22(19)26)13-15-3-7-17(24)8-4-15/h2-13,23H,1H3/b20-13-. The number of ether oxygens (including phenoxy) is 1. The molecule has 2 nitrogen and oxygen atoms in total. The minimum Gasteiger partial charge on any atom is -0.480 e. The second-order valence-corrected chi connectivity index (χ2v) is 7.88. The summed E-state index contributed by atoms with van der Waals surface area (Å²) in [5, 5.41) is 0.649. The van der Waals surface area contributed by atoms with Gasteiger partial charge in [-0.25, -0.2) is 0 Å². The lowest BCUT2D eigenvalue weighted by Gasteiger charge is -2.28. The van der Waals surface area contributed by atoms with Crippen molar-refractivity contribution in [1.29, 1.82) is 0 Å². The molecular weight excluding hydrogens is 424 g/mol. The number of Topliss-reactive ketones (excluding diaryl/α,β-unsaturated/α-hetero) is 1. The molecule has 0 radical (unpaired) electrons. The van der Waals surface area contributed by atoms with Gasteiger partial charge in [0.25, 0.3) is 0 Å². The van der Waals surface area contributed by atoms with Gasteiger partial charge in [0.05, 0.1) is 5.56 Å². The highest BCUT2D eigenvalue weighted by atomic mass is 79.9. The van der Waals surface area contributed by atoms with Crippen LogP contribution in [0.5, 0.6) is 5.75 Å². The van der Waals surface area contributed by atoms with Gasteiger partial charge in [0.1, 0.15) is 5.75 Å². The molecule has 134 valence electrons. The lowest BCUT2D eigenvalue weighted by Crippen LogP contribution is -2.23. The van der Waals surface area contributed by atoms with Crippen LogP contribution in [0.15, 0.2) is 76.8 Å². The molecule has 0 amide bonds. The minimum atomic E-state index is -0.479. The van der Waals surface area contributed by atoms with E-state index in [4.69, 9.17) is 16.3 Å². The first-order chi connectivity index (χ1) is 13.0. The number of aryl methyl sites for hydroxylation is 1. The molecule has 1 atom stereocenters. The molecule has 0 spiro atoms. The van der Waals surface area contributed by atoms with E-state index in [9.17, 15) is 4.79 Å². The maximum absolute atomic E-state index is 13.3. The number of hydrogen-bond donors (Lipinski definition) is 0. The first-order valence-corrected chi connectivity index (χ1v) is 9.73. The van der Waals surface area contributed by atoms with E-state index in [-0.39, 0.29) is 5.78 Å². The van der Waals surface area contributed by atoms with Crippen molar-refractivity contribution in [2.75, 3.05) is 0 Å². The molecule has 0 aromatic heterocycles. The average molecular weight is 440 g/mol. The Morgan fingerprint density at radius 1 is 1.00 bits per heavy atom. The molecule has 4 rings (SSSR count). The zero-order valence-electron chi connectivity index (χ0n) is 14.6. The lowest BCUT2D eigenvalue weighted by molar-refractivity contribution is 0.0963. The van der Waals surface area contributed by atoms with Crippen molar-refractivity contribution in [3.05, 3.63) is 104 Å². The summed E-state index contributed by atoms with van der Waals surface area (Å²) in [5.41, 5.74) is 4.09. The molecule has 0 bridgehead atoms. The molecule has 3 aromatic carbocycles. The van der Waals surface area contributed by atoms with Gasteiger partial charge < -0.3 is 4.74 Å². The highest BCUT2D eigenvalue weighted by molar-refractivity contribution is 9.10. The molecule has 0 saturated heterocycles. The van der Waals surface area contributed by atoms with Crippen LogP contribution in [0.1, 0.15) is 33.2 Å². The van der Waals surface area contributed by atoms with Crippen LogP contribution < -0.4 is 4.74 Å². The van der Waals surface area contributed by atoms with Crippen LogP contribution in [0, 0.1) is 6.92 Å². The Hall–Kier alpha value is -2.36. The van der Waals surface area contributed by atoms with Crippen LogP contribution in [0.4, 0.5) is 0 Å². The first kappa shape index (κ1) is 18.0. The predicted molar refractivity (Wildman–Crippen MR) is 112 cm³/mol. The summed E-state index contributed by atoms with van der Waals surface area (Å²) in [7, 11) is 0. The van der Waals surface area contributed by atoms with E-state index in [0.717, 1.165) is 21.2 Å². The third-order valence-corrected chi connectivity index (χ3v) is 5.32. The number of carbonyl (C=O) groups excluding carboxylic acids is 1. The first-order valence-electron chi connectivity index (χ1n) is 8.56. The number of rotatable bonds is 2. The average Bonchev–Trinajstić information content (AvgIpc) is 2.66. The van der Waals surface area contributed by atoms with Gasteiger partial charge in [0.15, 0.2) is 11.9 Å². The molecule has 3 aromatic rings. The summed E-state index contributed by atoms with van der Waals surface area (Å²) in [6.07, 6.45) is 1.42. The second-order valence-electron chi connectivity index (χ2n) is 6.53. The monoisotopic (exact) mass is 438 g/mol. The summed E-state index contributed by atoms with van der Waals surface area (Å²) in [6.45, 7) is 1.98. The smallest absolute Gasteiger partial charge is 0.196 e. The molecule has 1 aliphatic heterocycles. The van der Waals surface area contributed by atoms with Gasteiger partial charge in [0, 0.05) is 15.1 Å². The molecule has 0 N–H and O–H groups in total. The zero-order chi connectivity index (χ0) is 19.0. The normalized spacial score (nSPS) is 17.5. The van der Waals surface area contributed by atoms with Gasteiger partial charge in [-0.1, -0.05) is 57.9 Å². The largest absolute Gasteiger partial charge is 0.480 e. The Labute approximate surface area is 171 Å². The molecule has 0 fully saturated rings.